The summed E-state index contributed by atoms with van der Waals surface area (Å²) in [6.45, 7) is 1.88. The third-order valence-electron chi connectivity index (χ3n) is 4.66. The summed E-state index contributed by atoms with van der Waals surface area (Å²) in [5.74, 6) is -0.518. The second kappa shape index (κ2) is 5.05. The van der Waals surface area contributed by atoms with E-state index in [1.165, 1.54) is 21.5 Å². The lowest BCUT2D eigenvalue weighted by Crippen LogP contribution is -2.35. The number of hydrogen-bond acceptors (Lipinski definition) is 4. The summed E-state index contributed by atoms with van der Waals surface area (Å²) in [6, 6.07) is 0. The molecule has 0 amide bonds. The molecule has 2 aromatic heterocycles. The molecule has 9 heteroatoms. The van der Waals surface area contributed by atoms with Gasteiger partial charge in [0.05, 0.1) is 17.9 Å². The van der Waals surface area contributed by atoms with Crippen molar-refractivity contribution >= 4 is 0 Å². The molecule has 0 saturated carbocycles. The van der Waals surface area contributed by atoms with Crippen molar-refractivity contribution in [3.63, 3.8) is 0 Å². The maximum Gasteiger partial charge on any atom is 0.451 e. The summed E-state index contributed by atoms with van der Waals surface area (Å²) in [5, 5.41) is 11.6. The lowest BCUT2D eigenvalue weighted by Gasteiger charge is -2.28. The van der Waals surface area contributed by atoms with Crippen LogP contribution in [0.25, 0.3) is 0 Å². The molecule has 1 aliphatic heterocycles. The van der Waals surface area contributed by atoms with Crippen molar-refractivity contribution in [3.8, 4) is 0 Å². The van der Waals surface area contributed by atoms with Gasteiger partial charge in [0, 0.05) is 26.7 Å². The van der Waals surface area contributed by atoms with Crippen LogP contribution in [0.2, 0.25) is 0 Å². The Bertz CT molecular complexity index is 745. The Balaban J connectivity index is 1.55. The predicted molar refractivity (Wildman–Crippen MR) is 74.4 cm³/mol. The van der Waals surface area contributed by atoms with Crippen molar-refractivity contribution in [2.75, 3.05) is 6.54 Å². The van der Waals surface area contributed by atoms with Gasteiger partial charge in [-0.2, -0.15) is 18.3 Å². The van der Waals surface area contributed by atoms with Crippen LogP contribution in [0.1, 0.15) is 35.0 Å². The van der Waals surface area contributed by atoms with E-state index >= 15 is 0 Å². The Kier molecular flexibility index (Phi) is 3.22. The summed E-state index contributed by atoms with van der Waals surface area (Å²) in [7, 11) is 1.93. The van der Waals surface area contributed by atoms with Gasteiger partial charge in [0.15, 0.2) is 0 Å². The third-order valence-corrected chi connectivity index (χ3v) is 4.66. The summed E-state index contributed by atoms with van der Waals surface area (Å²) in [5.41, 5.74) is 3.65. The maximum atomic E-state index is 12.9. The molecular weight excluding hydrogens is 309 g/mol. The lowest BCUT2D eigenvalue weighted by atomic mass is 10.2. The molecule has 0 spiro atoms. The molecule has 0 saturated heterocycles. The number of fused-ring (bicyclic) bond motifs is 2. The van der Waals surface area contributed by atoms with E-state index < -0.39 is 12.0 Å². The van der Waals surface area contributed by atoms with Crippen LogP contribution < -0.4 is 0 Å². The first-order valence-electron chi connectivity index (χ1n) is 7.68. The van der Waals surface area contributed by atoms with Crippen molar-refractivity contribution in [3.05, 3.63) is 28.6 Å². The van der Waals surface area contributed by atoms with Gasteiger partial charge in [-0.3, -0.25) is 9.58 Å². The van der Waals surface area contributed by atoms with E-state index in [1.54, 1.807) is 0 Å². The van der Waals surface area contributed by atoms with Gasteiger partial charge in [-0.25, -0.2) is 0 Å². The molecule has 0 N–H and O–H groups in total. The van der Waals surface area contributed by atoms with Crippen molar-refractivity contribution in [2.24, 2.45) is 7.05 Å². The van der Waals surface area contributed by atoms with Gasteiger partial charge in [-0.05, 0) is 24.8 Å². The smallest absolute Gasteiger partial charge is 0.305 e. The number of halogens is 3. The minimum atomic E-state index is -4.45. The molecule has 0 atom stereocenters. The molecule has 0 bridgehead atoms. The fourth-order valence-electron chi connectivity index (χ4n) is 3.55. The molecule has 0 aromatic carbocycles. The van der Waals surface area contributed by atoms with Crippen molar-refractivity contribution < 1.29 is 13.2 Å². The van der Waals surface area contributed by atoms with Gasteiger partial charge in [-0.1, -0.05) is 0 Å². The molecule has 0 unspecified atom stereocenters. The zero-order chi connectivity index (χ0) is 16.2. The van der Waals surface area contributed by atoms with Gasteiger partial charge in [0.2, 0.25) is 5.82 Å². The second-order valence-electron chi connectivity index (χ2n) is 6.15. The standard InChI is InChI=1S/C14H17F3N6/c1-21-11(9-3-2-4-10(9)20-21)7-22-5-6-23-12(8-22)18-19-13(23)14(15,16)17/h2-8H2,1H3. The minimum Gasteiger partial charge on any atom is -0.305 e. The number of rotatable bonds is 2. The molecule has 3 heterocycles. The molecular formula is C14H17F3N6. The highest BCUT2D eigenvalue weighted by atomic mass is 19.4. The Morgan fingerprint density at radius 1 is 1.13 bits per heavy atom. The number of hydrogen-bond donors (Lipinski definition) is 0. The molecule has 23 heavy (non-hydrogen) atoms. The van der Waals surface area contributed by atoms with E-state index in [9.17, 15) is 13.2 Å². The molecule has 124 valence electrons. The highest BCUT2D eigenvalue weighted by molar-refractivity contribution is 5.30. The summed E-state index contributed by atoms with van der Waals surface area (Å²) >= 11 is 0. The first-order valence-corrected chi connectivity index (χ1v) is 7.68. The normalized spacial score (nSPS) is 18.3. The van der Waals surface area contributed by atoms with Gasteiger partial charge >= 0.3 is 6.18 Å². The predicted octanol–water partition coefficient (Wildman–Crippen LogP) is 1.53. The van der Waals surface area contributed by atoms with E-state index in [0.717, 1.165) is 19.3 Å². The van der Waals surface area contributed by atoms with Crippen molar-refractivity contribution in [1.29, 1.82) is 0 Å². The maximum absolute atomic E-state index is 12.9. The second-order valence-corrected chi connectivity index (χ2v) is 6.15. The Labute approximate surface area is 130 Å². The molecule has 2 aliphatic rings. The highest BCUT2D eigenvalue weighted by Crippen LogP contribution is 2.30. The van der Waals surface area contributed by atoms with Crippen LogP contribution in [0.3, 0.4) is 0 Å². The van der Waals surface area contributed by atoms with Gasteiger partial charge in [0.1, 0.15) is 5.82 Å². The van der Waals surface area contributed by atoms with E-state index in [4.69, 9.17) is 0 Å². The van der Waals surface area contributed by atoms with Crippen LogP contribution in [0.4, 0.5) is 13.2 Å². The van der Waals surface area contributed by atoms with Crippen LogP contribution in [0, 0.1) is 0 Å². The Hall–Kier alpha value is -1.90. The molecule has 0 radical (unpaired) electrons. The first kappa shape index (κ1) is 14.7. The number of alkyl halides is 3. The summed E-state index contributed by atoms with van der Waals surface area (Å²) < 4.78 is 41.7. The van der Waals surface area contributed by atoms with Crippen LogP contribution in [0.15, 0.2) is 0 Å². The fourth-order valence-corrected chi connectivity index (χ4v) is 3.55. The highest BCUT2D eigenvalue weighted by Gasteiger charge is 2.39. The van der Waals surface area contributed by atoms with E-state index in [1.807, 2.05) is 11.7 Å². The van der Waals surface area contributed by atoms with Crippen LogP contribution in [0.5, 0.6) is 0 Å². The largest absolute Gasteiger partial charge is 0.451 e. The molecule has 4 rings (SSSR count). The monoisotopic (exact) mass is 326 g/mol. The van der Waals surface area contributed by atoms with Crippen molar-refractivity contribution in [2.45, 2.75) is 45.1 Å². The lowest BCUT2D eigenvalue weighted by molar-refractivity contribution is -0.148. The average molecular weight is 326 g/mol. The van der Waals surface area contributed by atoms with E-state index in [0.29, 0.717) is 25.5 Å². The number of nitrogens with zero attached hydrogens (tertiary/aromatic N) is 6. The molecule has 6 nitrogen and oxygen atoms in total. The molecule has 2 aromatic rings. The SMILES string of the molecule is Cn1nc2c(c1CN1CCn3c(nnc3C(F)(F)F)C1)CCC2. The van der Waals surface area contributed by atoms with Crippen molar-refractivity contribution in [1.82, 2.24) is 29.4 Å². The number of aryl methyl sites for hydroxylation is 2. The van der Waals surface area contributed by atoms with Crippen LogP contribution in [-0.4, -0.2) is 36.0 Å². The quantitative estimate of drug-likeness (QED) is 0.840. The Morgan fingerprint density at radius 3 is 2.74 bits per heavy atom. The third kappa shape index (κ3) is 2.43. The van der Waals surface area contributed by atoms with Gasteiger partial charge in [-0.15, -0.1) is 10.2 Å². The number of aromatic nitrogens is 5. The Morgan fingerprint density at radius 2 is 1.96 bits per heavy atom. The molecule has 0 fully saturated rings. The van der Waals surface area contributed by atoms with Crippen LogP contribution >= 0.6 is 0 Å². The van der Waals surface area contributed by atoms with Gasteiger partial charge < -0.3 is 4.57 Å². The van der Waals surface area contributed by atoms with Crippen LogP contribution in [-0.2, 0) is 45.7 Å². The topological polar surface area (TPSA) is 51.8 Å². The van der Waals surface area contributed by atoms with Gasteiger partial charge in [0.25, 0.3) is 0 Å². The zero-order valence-corrected chi connectivity index (χ0v) is 12.8. The van der Waals surface area contributed by atoms with E-state index in [-0.39, 0.29) is 6.54 Å². The van der Waals surface area contributed by atoms with E-state index in [2.05, 4.69) is 20.2 Å². The molecule has 1 aliphatic carbocycles. The minimum absolute atomic E-state index is 0.261. The average Bonchev–Trinajstić information content (AvgIpc) is 3.14. The zero-order valence-electron chi connectivity index (χ0n) is 12.8. The fraction of sp³-hybridized carbons (Fsp3) is 0.643. The first-order chi connectivity index (χ1) is 10.9. The summed E-state index contributed by atoms with van der Waals surface area (Å²) in [6.07, 6.45) is -1.25. The summed E-state index contributed by atoms with van der Waals surface area (Å²) in [4.78, 5) is 2.11.